The van der Waals surface area contributed by atoms with E-state index in [1.165, 1.54) is 11.0 Å². The molecule has 0 bridgehead atoms. The summed E-state index contributed by atoms with van der Waals surface area (Å²) < 4.78 is 0. The standard InChI is InChI=1S/C25H23ClN2O4/c1-18(28(17-29)32-16-19-9-5-3-6-10-19)25(31)27(2)23-14-13-21(26)15-22(23)24(30)20-11-7-4-8-12-20/h3-15,17-18H,16H2,1-2H3. The van der Waals surface area contributed by atoms with Gasteiger partial charge in [0.25, 0.3) is 5.91 Å². The van der Waals surface area contributed by atoms with Crippen LogP contribution in [0.3, 0.4) is 0 Å². The van der Waals surface area contributed by atoms with Crippen molar-refractivity contribution in [1.29, 1.82) is 0 Å². The van der Waals surface area contributed by atoms with Gasteiger partial charge in [-0.3, -0.25) is 19.2 Å². The largest absolute Gasteiger partial charge is 0.313 e. The van der Waals surface area contributed by atoms with Crippen molar-refractivity contribution >= 4 is 35.4 Å². The Morgan fingerprint density at radius 1 is 1.00 bits per heavy atom. The van der Waals surface area contributed by atoms with Crippen LogP contribution in [0.5, 0.6) is 0 Å². The van der Waals surface area contributed by atoms with Gasteiger partial charge in [-0.15, -0.1) is 0 Å². The second kappa shape index (κ2) is 10.7. The van der Waals surface area contributed by atoms with Crippen LogP contribution in [-0.4, -0.2) is 36.3 Å². The van der Waals surface area contributed by atoms with Crippen molar-refractivity contribution in [2.75, 3.05) is 11.9 Å². The third kappa shape index (κ3) is 5.41. The van der Waals surface area contributed by atoms with Gasteiger partial charge in [0.1, 0.15) is 12.6 Å². The summed E-state index contributed by atoms with van der Waals surface area (Å²) in [6, 6.07) is 21.9. The zero-order valence-electron chi connectivity index (χ0n) is 17.8. The number of hydroxylamine groups is 2. The molecular weight excluding hydrogens is 428 g/mol. The molecule has 0 N–H and O–H groups in total. The SMILES string of the molecule is CC(C(=O)N(C)c1ccc(Cl)cc1C(=O)c1ccccc1)N(C=O)OCc1ccccc1. The number of halogens is 1. The fourth-order valence-electron chi connectivity index (χ4n) is 3.19. The highest BCUT2D eigenvalue weighted by Crippen LogP contribution is 2.27. The van der Waals surface area contributed by atoms with Crippen molar-refractivity contribution in [1.82, 2.24) is 5.06 Å². The summed E-state index contributed by atoms with van der Waals surface area (Å²) in [4.78, 5) is 44.7. The van der Waals surface area contributed by atoms with Crippen LogP contribution in [0.15, 0.2) is 78.9 Å². The van der Waals surface area contributed by atoms with Crippen molar-refractivity contribution in [3.05, 3.63) is 101 Å². The summed E-state index contributed by atoms with van der Waals surface area (Å²) in [7, 11) is 1.55. The molecule has 0 aliphatic heterocycles. The first-order valence-electron chi connectivity index (χ1n) is 9.99. The fourth-order valence-corrected chi connectivity index (χ4v) is 3.36. The summed E-state index contributed by atoms with van der Waals surface area (Å²) >= 11 is 6.14. The molecule has 0 saturated heterocycles. The van der Waals surface area contributed by atoms with E-state index in [1.54, 1.807) is 50.4 Å². The van der Waals surface area contributed by atoms with Crippen molar-refractivity contribution in [3.8, 4) is 0 Å². The van der Waals surface area contributed by atoms with Crippen LogP contribution >= 0.6 is 11.6 Å². The van der Waals surface area contributed by atoms with E-state index in [1.807, 2.05) is 36.4 Å². The van der Waals surface area contributed by atoms with Crippen molar-refractivity contribution < 1.29 is 19.2 Å². The van der Waals surface area contributed by atoms with E-state index in [0.29, 0.717) is 22.7 Å². The number of carbonyl (C=O) groups excluding carboxylic acids is 3. The molecule has 6 nitrogen and oxygen atoms in total. The molecule has 0 aliphatic carbocycles. The molecule has 1 atom stereocenters. The maximum absolute atomic E-state index is 13.2. The summed E-state index contributed by atoms with van der Waals surface area (Å²) in [5.74, 6) is -0.683. The van der Waals surface area contributed by atoms with Crippen LogP contribution in [-0.2, 0) is 21.0 Å². The van der Waals surface area contributed by atoms with E-state index in [9.17, 15) is 14.4 Å². The van der Waals surface area contributed by atoms with Crippen LogP contribution in [0.1, 0.15) is 28.4 Å². The first-order chi connectivity index (χ1) is 15.4. The molecule has 3 aromatic carbocycles. The molecule has 164 valence electrons. The van der Waals surface area contributed by atoms with Crippen LogP contribution in [0.4, 0.5) is 5.69 Å². The van der Waals surface area contributed by atoms with Gasteiger partial charge >= 0.3 is 0 Å². The second-order valence-electron chi connectivity index (χ2n) is 7.15. The van der Waals surface area contributed by atoms with Gasteiger partial charge in [-0.25, -0.2) is 5.06 Å². The minimum atomic E-state index is -0.920. The number of nitrogens with zero attached hydrogens (tertiary/aromatic N) is 2. The number of ketones is 1. The number of anilines is 1. The highest BCUT2D eigenvalue weighted by molar-refractivity contribution is 6.31. The summed E-state index contributed by atoms with van der Waals surface area (Å²) in [6.45, 7) is 1.70. The molecule has 3 rings (SSSR count). The molecule has 1 unspecified atom stereocenters. The van der Waals surface area contributed by atoms with Crippen LogP contribution in [0, 0.1) is 0 Å². The number of benzene rings is 3. The Morgan fingerprint density at radius 3 is 2.25 bits per heavy atom. The van der Waals surface area contributed by atoms with E-state index in [2.05, 4.69) is 0 Å². The molecule has 0 saturated carbocycles. The third-order valence-electron chi connectivity index (χ3n) is 5.00. The van der Waals surface area contributed by atoms with Crippen LogP contribution in [0.25, 0.3) is 0 Å². The minimum absolute atomic E-state index is 0.138. The van der Waals surface area contributed by atoms with E-state index in [-0.39, 0.29) is 18.0 Å². The predicted octanol–water partition coefficient (Wildman–Crippen LogP) is 4.51. The van der Waals surface area contributed by atoms with Crippen molar-refractivity contribution in [2.45, 2.75) is 19.6 Å². The van der Waals surface area contributed by atoms with Gasteiger partial charge < -0.3 is 4.90 Å². The Kier molecular flexibility index (Phi) is 7.76. The first-order valence-corrected chi connectivity index (χ1v) is 10.4. The maximum Gasteiger partial charge on any atom is 0.251 e. The molecule has 7 heteroatoms. The number of carbonyl (C=O) groups is 3. The average molecular weight is 451 g/mol. The minimum Gasteiger partial charge on any atom is -0.313 e. The topological polar surface area (TPSA) is 66.9 Å². The summed E-state index contributed by atoms with van der Waals surface area (Å²) in [6.07, 6.45) is 0.469. The summed E-state index contributed by atoms with van der Waals surface area (Å²) in [5.41, 5.74) is 2.01. The van der Waals surface area contributed by atoms with Gasteiger partial charge in [-0.2, -0.15) is 0 Å². The predicted molar refractivity (Wildman–Crippen MR) is 123 cm³/mol. The molecule has 0 aliphatic rings. The smallest absolute Gasteiger partial charge is 0.251 e. The lowest BCUT2D eigenvalue weighted by Crippen LogP contribution is -2.45. The first kappa shape index (κ1) is 23.2. The quantitative estimate of drug-likeness (QED) is 0.273. The molecule has 0 spiro atoms. The van der Waals surface area contributed by atoms with Gasteiger partial charge in [0.2, 0.25) is 6.41 Å². The van der Waals surface area contributed by atoms with Crippen LogP contribution in [0.2, 0.25) is 5.02 Å². The molecule has 0 fully saturated rings. The molecule has 32 heavy (non-hydrogen) atoms. The van der Waals surface area contributed by atoms with Crippen molar-refractivity contribution in [2.24, 2.45) is 0 Å². The van der Waals surface area contributed by atoms with E-state index < -0.39 is 11.9 Å². The van der Waals surface area contributed by atoms with E-state index >= 15 is 0 Å². The van der Waals surface area contributed by atoms with Gasteiger partial charge in [-0.05, 0) is 30.7 Å². The maximum atomic E-state index is 13.2. The fraction of sp³-hybridized carbons (Fsp3) is 0.160. The Morgan fingerprint density at radius 2 is 1.62 bits per heavy atom. The average Bonchev–Trinajstić information content (AvgIpc) is 2.84. The highest BCUT2D eigenvalue weighted by atomic mass is 35.5. The Bertz CT molecular complexity index is 1090. The third-order valence-corrected chi connectivity index (χ3v) is 5.23. The lowest BCUT2D eigenvalue weighted by Gasteiger charge is -2.28. The normalized spacial score (nSPS) is 11.5. The zero-order valence-corrected chi connectivity index (χ0v) is 18.5. The molecule has 0 radical (unpaired) electrons. The van der Waals surface area contributed by atoms with E-state index in [4.69, 9.17) is 16.4 Å². The summed E-state index contributed by atoms with van der Waals surface area (Å²) in [5, 5.41) is 1.35. The second-order valence-corrected chi connectivity index (χ2v) is 7.59. The van der Waals surface area contributed by atoms with Crippen LogP contribution < -0.4 is 4.90 Å². The Labute approximate surface area is 191 Å². The molecule has 0 heterocycles. The zero-order chi connectivity index (χ0) is 23.1. The van der Waals surface area contributed by atoms with Gasteiger partial charge in [-0.1, -0.05) is 72.3 Å². The van der Waals surface area contributed by atoms with Gasteiger partial charge in [0.05, 0.1) is 5.69 Å². The molecule has 2 amide bonds. The highest BCUT2D eigenvalue weighted by Gasteiger charge is 2.28. The Hall–Kier alpha value is -3.48. The lowest BCUT2D eigenvalue weighted by molar-refractivity contribution is -0.192. The molecule has 0 aromatic heterocycles. The number of amides is 2. The monoisotopic (exact) mass is 450 g/mol. The van der Waals surface area contributed by atoms with E-state index in [0.717, 1.165) is 10.6 Å². The lowest BCUT2D eigenvalue weighted by atomic mass is 10.0. The number of likely N-dealkylation sites (N-methyl/N-ethyl adjacent to an activating group) is 1. The van der Waals surface area contributed by atoms with Gasteiger partial charge in [0.15, 0.2) is 5.78 Å². The van der Waals surface area contributed by atoms with Crippen molar-refractivity contribution in [3.63, 3.8) is 0 Å². The number of hydrogen-bond donors (Lipinski definition) is 0. The molecule has 3 aromatic rings. The molecular formula is C25H23ClN2O4. The number of hydrogen-bond acceptors (Lipinski definition) is 4. The van der Waals surface area contributed by atoms with Gasteiger partial charge in [0, 0.05) is 23.2 Å². The number of rotatable bonds is 9. The Balaban J connectivity index is 1.81.